The van der Waals surface area contributed by atoms with Crippen LogP contribution in [0.15, 0.2) is 39.9 Å². The molecule has 1 aromatic heterocycles. The summed E-state index contributed by atoms with van der Waals surface area (Å²) in [6.07, 6.45) is 0. The van der Waals surface area contributed by atoms with Crippen LogP contribution in [0.1, 0.15) is 20.8 Å². The van der Waals surface area contributed by atoms with Gasteiger partial charge in [-0.25, -0.2) is 9.59 Å². The van der Waals surface area contributed by atoms with Crippen LogP contribution < -0.4 is 45.9 Å². The number of aromatic amines is 1. The van der Waals surface area contributed by atoms with Crippen molar-refractivity contribution in [3.63, 3.8) is 0 Å². The maximum Gasteiger partial charge on any atom is 1.00 e. The van der Waals surface area contributed by atoms with Crippen molar-refractivity contribution < 1.29 is 49.4 Å². The molecule has 0 radical (unpaired) electrons. The molecule has 0 atom stereocenters. The van der Waals surface area contributed by atoms with E-state index >= 15 is 0 Å². The Morgan fingerprint density at radius 3 is 2.19 bits per heavy atom. The van der Waals surface area contributed by atoms with Crippen molar-refractivity contribution in [2.75, 3.05) is 0 Å². The molecule has 8 nitrogen and oxygen atoms in total. The number of rotatable bonds is 3. The van der Waals surface area contributed by atoms with Gasteiger partial charge in [0.1, 0.15) is 0 Å². The first kappa shape index (κ1) is 16.9. The standard InChI is InChI=1S/C12H8N2O6.Na/c15-9-7(10(16)17)8(11(18)19)14(12(20)13-9)6-4-2-1-3-5-6;/h1-5H,(H,16,17)(H,18,19)(H,13,15,20);/q;+1/p-1. The Labute approximate surface area is 139 Å². The summed E-state index contributed by atoms with van der Waals surface area (Å²) in [5, 5.41) is 20.1. The number of carbonyl (C=O) groups is 2. The normalized spacial score (nSPS) is 9.71. The second kappa shape index (κ2) is 6.53. The SMILES string of the molecule is O=C(O)c1c(C(=O)[O-])n(-c2ccccc2)c(=O)[nH]c1=O.[Na+]. The Hall–Kier alpha value is -2.16. The van der Waals surface area contributed by atoms with Crippen LogP contribution in [0.3, 0.4) is 0 Å². The van der Waals surface area contributed by atoms with Gasteiger partial charge in [-0.2, -0.15) is 0 Å². The number of aromatic nitrogens is 2. The molecule has 1 aromatic carbocycles. The van der Waals surface area contributed by atoms with Gasteiger partial charge < -0.3 is 15.0 Å². The minimum atomic E-state index is -1.94. The molecule has 1 heterocycles. The van der Waals surface area contributed by atoms with Crippen molar-refractivity contribution in [2.45, 2.75) is 0 Å². The van der Waals surface area contributed by atoms with E-state index in [1.165, 1.54) is 24.3 Å². The summed E-state index contributed by atoms with van der Waals surface area (Å²) in [7, 11) is 0. The molecular weight excluding hydrogens is 291 g/mol. The average Bonchev–Trinajstić information content (AvgIpc) is 2.38. The van der Waals surface area contributed by atoms with Gasteiger partial charge in [-0.05, 0) is 12.1 Å². The molecule has 0 aliphatic heterocycles. The summed E-state index contributed by atoms with van der Waals surface area (Å²) < 4.78 is 0.570. The molecular formula is C12H7N2NaO6. The van der Waals surface area contributed by atoms with Gasteiger partial charge in [-0.1, -0.05) is 18.2 Å². The number of aromatic carboxylic acids is 2. The maximum atomic E-state index is 11.8. The molecule has 2 aromatic rings. The van der Waals surface area contributed by atoms with Crippen LogP contribution in [0, 0.1) is 0 Å². The van der Waals surface area contributed by atoms with E-state index in [0.29, 0.717) is 4.57 Å². The summed E-state index contributed by atoms with van der Waals surface area (Å²) in [5.41, 5.74) is -4.33. The zero-order chi connectivity index (χ0) is 14.9. The van der Waals surface area contributed by atoms with Crippen LogP contribution in [0.25, 0.3) is 5.69 Å². The predicted molar refractivity (Wildman–Crippen MR) is 63.9 cm³/mol. The van der Waals surface area contributed by atoms with Gasteiger partial charge in [0, 0.05) is 0 Å². The van der Waals surface area contributed by atoms with E-state index < -0.39 is 34.4 Å². The zero-order valence-electron chi connectivity index (χ0n) is 10.8. The Morgan fingerprint density at radius 2 is 1.71 bits per heavy atom. The van der Waals surface area contributed by atoms with Crippen molar-refractivity contribution in [2.24, 2.45) is 0 Å². The van der Waals surface area contributed by atoms with Crippen molar-refractivity contribution in [1.29, 1.82) is 0 Å². The van der Waals surface area contributed by atoms with Crippen molar-refractivity contribution in [1.82, 2.24) is 9.55 Å². The fourth-order valence-electron chi connectivity index (χ4n) is 1.75. The molecule has 0 spiro atoms. The third kappa shape index (κ3) is 3.13. The Kier molecular flexibility index (Phi) is 5.25. The number of nitrogens with zero attached hydrogens (tertiary/aromatic N) is 1. The number of carboxylic acids is 2. The first-order valence-corrected chi connectivity index (χ1v) is 5.33. The zero-order valence-corrected chi connectivity index (χ0v) is 12.8. The van der Waals surface area contributed by atoms with Crippen LogP contribution in [-0.2, 0) is 0 Å². The molecule has 0 unspecified atom stereocenters. The molecule has 0 aliphatic carbocycles. The largest absolute Gasteiger partial charge is 1.00 e. The minimum absolute atomic E-state index is 0. The van der Waals surface area contributed by atoms with E-state index in [1.807, 2.05) is 0 Å². The van der Waals surface area contributed by atoms with Gasteiger partial charge in [0.15, 0.2) is 5.56 Å². The van der Waals surface area contributed by atoms with Crippen LogP contribution in [0.2, 0.25) is 0 Å². The molecule has 0 bridgehead atoms. The average molecular weight is 298 g/mol. The molecule has 0 amide bonds. The monoisotopic (exact) mass is 298 g/mol. The maximum absolute atomic E-state index is 11.8. The number of nitrogens with one attached hydrogen (secondary N) is 1. The fourth-order valence-corrected chi connectivity index (χ4v) is 1.75. The molecule has 9 heteroatoms. The van der Waals surface area contributed by atoms with Gasteiger partial charge in [0.05, 0.1) is 17.4 Å². The Bertz CT molecular complexity index is 809. The van der Waals surface area contributed by atoms with Gasteiger partial charge in [0.25, 0.3) is 5.56 Å². The quantitative estimate of drug-likeness (QED) is 0.550. The fraction of sp³-hybridized carbons (Fsp3) is 0. The number of benzene rings is 1. The first-order valence-electron chi connectivity index (χ1n) is 5.33. The molecule has 0 saturated carbocycles. The number of hydrogen-bond donors (Lipinski definition) is 2. The van der Waals surface area contributed by atoms with Crippen LogP contribution in [-0.4, -0.2) is 26.6 Å². The van der Waals surface area contributed by atoms with Gasteiger partial charge in [0.2, 0.25) is 0 Å². The summed E-state index contributed by atoms with van der Waals surface area (Å²) in [6, 6.07) is 7.44. The molecule has 0 fully saturated rings. The number of carboxylic acid groups (broad SMARTS) is 2. The number of carbonyl (C=O) groups excluding carboxylic acids is 1. The Balaban J connectivity index is 0.00000220. The molecule has 2 N–H and O–H groups in total. The summed E-state index contributed by atoms with van der Waals surface area (Å²) in [6.45, 7) is 0. The van der Waals surface area contributed by atoms with E-state index in [2.05, 4.69) is 0 Å². The van der Waals surface area contributed by atoms with Gasteiger partial charge in [-0.15, -0.1) is 0 Å². The van der Waals surface area contributed by atoms with E-state index in [-0.39, 0.29) is 35.2 Å². The number of hydrogen-bond acceptors (Lipinski definition) is 5. The first-order chi connectivity index (χ1) is 9.43. The third-order valence-corrected chi connectivity index (χ3v) is 2.53. The van der Waals surface area contributed by atoms with E-state index in [0.717, 1.165) is 0 Å². The van der Waals surface area contributed by atoms with Crippen molar-refractivity contribution in [3.05, 3.63) is 62.4 Å². The molecule has 0 aliphatic rings. The van der Waals surface area contributed by atoms with E-state index in [4.69, 9.17) is 5.11 Å². The Morgan fingerprint density at radius 1 is 1.14 bits per heavy atom. The van der Waals surface area contributed by atoms with E-state index in [1.54, 1.807) is 11.1 Å². The van der Waals surface area contributed by atoms with Crippen LogP contribution in [0.5, 0.6) is 0 Å². The van der Waals surface area contributed by atoms with E-state index in [9.17, 15) is 24.3 Å². The molecule has 0 saturated heterocycles. The molecule has 21 heavy (non-hydrogen) atoms. The summed E-state index contributed by atoms with van der Waals surface area (Å²) >= 11 is 0. The number of para-hydroxylation sites is 1. The molecule has 2 rings (SSSR count). The van der Waals surface area contributed by atoms with Crippen molar-refractivity contribution >= 4 is 11.9 Å². The van der Waals surface area contributed by atoms with Crippen molar-refractivity contribution in [3.8, 4) is 5.69 Å². The molecule has 102 valence electrons. The summed E-state index contributed by atoms with van der Waals surface area (Å²) in [4.78, 5) is 47.1. The van der Waals surface area contributed by atoms with Gasteiger partial charge in [-0.3, -0.25) is 14.3 Å². The third-order valence-electron chi connectivity index (χ3n) is 2.53. The second-order valence-electron chi connectivity index (χ2n) is 3.75. The van der Waals surface area contributed by atoms with Crippen LogP contribution in [0.4, 0.5) is 0 Å². The minimum Gasteiger partial charge on any atom is -0.543 e. The second-order valence-corrected chi connectivity index (χ2v) is 3.75. The topological polar surface area (TPSA) is 132 Å². The predicted octanol–water partition coefficient (Wildman–Crippen LogP) is -4.41. The summed E-state index contributed by atoms with van der Waals surface area (Å²) in [5.74, 6) is -3.70. The smallest absolute Gasteiger partial charge is 0.543 e. The van der Waals surface area contributed by atoms with Gasteiger partial charge >= 0.3 is 41.2 Å². The number of H-pyrrole nitrogens is 1. The van der Waals surface area contributed by atoms with Crippen LogP contribution >= 0.6 is 0 Å².